The molecule has 1 aromatic carbocycles. The summed E-state index contributed by atoms with van der Waals surface area (Å²) in [5.74, 6) is 0.360. The van der Waals surface area contributed by atoms with Crippen molar-refractivity contribution in [1.82, 2.24) is 5.32 Å². The van der Waals surface area contributed by atoms with Gasteiger partial charge in [0.15, 0.2) is 0 Å². The van der Waals surface area contributed by atoms with Gasteiger partial charge in [-0.2, -0.15) is 0 Å². The maximum absolute atomic E-state index is 13.2. The first kappa shape index (κ1) is 14.9. The standard InChI is InChI=1S/C15H21BrFNO/c1-2-7-18-15(11-5-8-19-9-6-11)13-4-3-12(17)10-14(13)16/h3-4,10-11,15,18H,2,5-9H2,1H3. The van der Waals surface area contributed by atoms with Gasteiger partial charge in [-0.15, -0.1) is 0 Å². The Bertz CT molecular complexity index is 407. The van der Waals surface area contributed by atoms with Gasteiger partial charge in [0.2, 0.25) is 0 Å². The lowest BCUT2D eigenvalue weighted by atomic mass is 9.87. The van der Waals surface area contributed by atoms with Crippen LogP contribution in [0.1, 0.15) is 37.8 Å². The lowest BCUT2D eigenvalue weighted by Gasteiger charge is -2.32. The summed E-state index contributed by atoms with van der Waals surface area (Å²) >= 11 is 3.50. The number of halogens is 2. The predicted molar refractivity (Wildman–Crippen MR) is 78.7 cm³/mol. The Labute approximate surface area is 122 Å². The summed E-state index contributed by atoms with van der Waals surface area (Å²) < 4.78 is 19.5. The van der Waals surface area contributed by atoms with Gasteiger partial charge in [-0.25, -0.2) is 4.39 Å². The summed E-state index contributed by atoms with van der Waals surface area (Å²) in [5, 5.41) is 3.61. The van der Waals surface area contributed by atoms with Crippen molar-refractivity contribution >= 4 is 15.9 Å². The second-order valence-electron chi connectivity index (χ2n) is 5.05. The van der Waals surface area contributed by atoms with E-state index in [1.807, 2.05) is 6.07 Å². The molecule has 1 unspecified atom stereocenters. The van der Waals surface area contributed by atoms with Crippen LogP contribution in [0, 0.1) is 11.7 Å². The minimum atomic E-state index is -0.197. The largest absolute Gasteiger partial charge is 0.381 e. The Hall–Kier alpha value is -0.450. The van der Waals surface area contributed by atoms with E-state index in [-0.39, 0.29) is 11.9 Å². The van der Waals surface area contributed by atoms with Crippen LogP contribution < -0.4 is 5.32 Å². The second-order valence-corrected chi connectivity index (χ2v) is 5.90. The number of hydrogen-bond donors (Lipinski definition) is 1. The van der Waals surface area contributed by atoms with Crippen LogP contribution in [0.15, 0.2) is 22.7 Å². The minimum absolute atomic E-state index is 0.197. The predicted octanol–water partition coefficient (Wildman–Crippen LogP) is 4.06. The molecule has 1 heterocycles. The Morgan fingerprint density at radius 3 is 2.79 bits per heavy atom. The van der Waals surface area contributed by atoms with Gasteiger partial charge in [0.25, 0.3) is 0 Å². The van der Waals surface area contributed by atoms with Gasteiger partial charge in [-0.1, -0.05) is 28.9 Å². The van der Waals surface area contributed by atoms with E-state index in [0.717, 1.165) is 49.1 Å². The Morgan fingerprint density at radius 2 is 2.16 bits per heavy atom. The van der Waals surface area contributed by atoms with Crippen LogP contribution in [0.2, 0.25) is 0 Å². The number of rotatable bonds is 5. The van der Waals surface area contributed by atoms with E-state index in [1.165, 1.54) is 0 Å². The minimum Gasteiger partial charge on any atom is -0.381 e. The maximum Gasteiger partial charge on any atom is 0.124 e. The van der Waals surface area contributed by atoms with E-state index in [9.17, 15) is 4.39 Å². The lowest BCUT2D eigenvalue weighted by molar-refractivity contribution is 0.0535. The van der Waals surface area contributed by atoms with Gasteiger partial charge >= 0.3 is 0 Å². The molecule has 0 amide bonds. The molecule has 0 radical (unpaired) electrons. The molecular weight excluding hydrogens is 309 g/mol. The molecule has 2 nitrogen and oxygen atoms in total. The third-order valence-corrected chi connectivity index (χ3v) is 4.34. The highest BCUT2D eigenvalue weighted by Gasteiger charge is 2.26. The molecule has 106 valence electrons. The first-order valence-electron chi connectivity index (χ1n) is 6.98. The van der Waals surface area contributed by atoms with Crippen molar-refractivity contribution in [3.8, 4) is 0 Å². The zero-order valence-electron chi connectivity index (χ0n) is 11.3. The van der Waals surface area contributed by atoms with Crippen molar-refractivity contribution in [3.63, 3.8) is 0 Å². The van der Waals surface area contributed by atoms with Crippen LogP contribution in [0.25, 0.3) is 0 Å². The van der Waals surface area contributed by atoms with Crippen LogP contribution in [0.3, 0.4) is 0 Å². The molecule has 1 aromatic rings. The van der Waals surface area contributed by atoms with Crippen molar-refractivity contribution in [2.75, 3.05) is 19.8 Å². The topological polar surface area (TPSA) is 21.3 Å². The fraction of sp³-hybridized carbons (Fsp3) is 0.600. The fourth-order valence-electron chi connectivity index (χ4n) is 2.63. The average molecular weight is 330 g/mol. The molecule has 0 aromatic heterocycles. The van der Waals surface area contributed by atoms with Crippen LogP contribution >= 0.6 is 15.9 Å². The maximum atomic E-state index is 13.2. The van der Waals surface area contributed by atoms with Gasteiger partial charge in [0.1, 0.15) is 5.82 Å². The molecule has 0 spiro atoms. The van der Waals surface area contributed by atoms with Gasteiger partial charge < -0.3 is 10.1 Å². The van der Waals surface area contributed by atoms with Crippen molar-refractivity contribution in [2.24, 2.45) is 5.92 Å². The van der Waals surface area contributed by atoms with Crippen molar-refractivity contribution in [3.05, 3.63) is 34.1 Å². The first-order chi connectivity index (χ1) is 9.22. The van der Waals surface area contributed by atoms with Crippen LogP contribution in [-0.4, -0.2) is 19.8 Å². The number of ether oxygens (including phenoxy) is 1. The third-order valence-electron chi connectivity index (χ3n) is 3.65. The molecule has 1 aliphatic rings. The molecule has 4 heteroatoms. The molecule has 0 bridgehead atoms. The normalized spacial score (nSPS) is 18.5. The highest BCUT2D eigenvalue weighted by molar-refractivity contribution is 9.10. The monoisotopic (exact) mass is 329 g/mol. The second kappa shape index (κ2) is 7.36. The molecule has 1 aliphatic heterocycles. The van der Waals surface area contributed by atoms with Gasteiger partial charge in [-0.3, -0.25) is 0 Å². The van der Waals surface area contributed by atoms with Crippen LogP contribution in [0.5, 0.6) is 0 Å². The molecule has 1 saturated heterocycles. The third kappa shape index (κ3) is 4.01. The van der Waals surface area contributed by atoms with E-state index in [2.05, 4.69) is 28.2 Å². The van der Waals surface area contributed by atoms with E-state index in [0.29, 0.717) is 5.92 Å². The summed E-state index contributed by atoms with van der Waals surface area (Å²) in [6.45, 7) is 4.79. The molecule has 1 fully saturated rings. The van der Waals surface area contributed by atoms with E-state index < -0.39 is 0 Å². The highest BCUT2D eigenvalue weighted by atomic mass is 79.9. The molecule has 2 rings (SSSR count). The zero-order chi connectivity index (χ0) is 13.7. The van der Waals surface area contributed by atoms with E-state index >= 15 is 0 Å². The van der Waals surface area contributed by atoms with Gasteiger partial charge in [0, 0.05) is 23.7 Å². The van der Waals surface area contributed by atoms with Crippen molar-refractivity contribution in [2.45, 2.75) is 32.2 Å². The van der Waals surface area contributed by atoms with Gasteiger partial charge in [0.05, 0.1) is 0 Å². The Kier molecular flexibility index (Phi) is 5.79. The van der Waals surface area contributed by atoms with Crippen LogP contribution in [0.4, 0.5) is 4.39 Å². The number of benzene rings is 1. The SMILES string of the molecule is CCCNC(c1ccc(F)cc1Br)C1CCOCC1. The van der Waals surface area contributed by atoms with E-state index in [1.54, 1.807) is 12.1 Å². The Morgan fingerprint density at radius 1 is 1.42 bits per heavy atom. The molecule has 0 saturated carbocycles. The van der Waals surface area contributed by atoms with Crippen molar-refractivity contribution < 1.29 is 9.13 Å². The highest BCUT2D eigenvalue weighted by Crippen LogP contribution is 2.34. The van der Waals surface area contributed by atoms with Crippen molar-refractivity contribution in [1.29, 1.82) is 0 Å². The zero-order valence-corrected chi connectivity index (χ0v) is 12.9. The summed E-state index contributed by atoms with van der Waals surface area (Å²) in [4.78, 5) is 0. The smallest absolute Gasteiger partial charge is 0.124 e. The van der Waals surface area contributed by atoms with E-state index in [4.69, 9.17) is 4.74 Å². The molecular formula is C15H21BrFNO. The Balaban J connectivity index is 2.19. The summed E-state index contributed by atoms with van der Waals surface area (Å²) in [6, 6.07) is 5.26. The van der Waals surface area contributed by atoms with Crippen LogP contribution in [-0.2, 0) is 4.74 Å². The molecule has 1 N–H and O–H groups in total. The van der Waals surface area contributed by atoms with Gasteiger partial charge in [-0.05, 0) is 49.4 Å². The summed E-state index contributed by atoms with van der Waals surface area (Å²) in [6.07, 6.45) is 3.22. The quantitative estimate of drug-likeness (QED) is 0.879. The number of nitrogens with one attached hydrogen (secondary N) is 1. The summed E-state index contributed by atoms with van der Waals surface area (Å²) in [7, 11) is 0. The number of hydrogen-bond acceptors (Lipinski definition) is 2. The molecule has 19 heavy (non-hydrogen) atoms. The fourth-order valence-corrected chi connectivity index (χ4v) is 3.23. The average Bonchev–Trinajstić information content (AvgIpc) is 2.42. The summed E-state index contributed by atoms with van der Waals surface area (Å²) in [5.41, 5.74) is 1.15. The molecule has 0 aliphatic carbocycles. The lowest BCUT2D eigenvalue weighted by Crippen LogP contribution is -2.32. The molecule has 1 atom stereocenters. The first-order valence-corrected chi connectivity index (χ1v) is 7.77.